The van der Waals surface area contributed by atoms with Crippen molar-refractivity contribution in [2.24, 2.45) is 0 Å². The Kier molecular flexibility index (Phi) is 15.8. The molecule has 70 heavy (non-hydrogen) atoms. The van der Waals surface area contributed by atoms with E-state index in [2.05, 4.69) is 130 Å². The van der Waals surface area contributed by atoms with Crippen molar-refractivity contribution in [3.63, 3.8) is 0 Å². The zero-order valence-corrected chi connectivity index (χ0v) is 45.4. The van der Waals surface area contributed by atoms with Gasteiger partial charge in [-0.15, -0.1) is 0 Å². The number of rotatable bonds is 7. The van der Waals surface area contributed by atoms with Crippen LogP contribution in [0.15, 0.2) is 78.9 Å². The van der Waals surface area contributed by atoms with E-state index in [1.807, 2.05) is 49.4 Å². The van der Waals surface area contributed by atoms with Crippen molar-refractivity contribution in [3.8, 4) is 23.0 Å². The fraction of sp³-hybridized carbons (Fsp3) is 0.431. The van der Waals surface area contributed by atoms with Gasteiger partial charge in [-0.05, 0) is 89.8 Å². The summed E-state index contributed by atoms with van der Waals surface area (Å²) < 4.78 is 16.9. The molecule has 0 aliphatic heterocycles. The summed E-state index contributed by atoms with van der Waals surface area (Å²) in [6.07, 6.45) is -0.179. The van der Waals surface area contributed by atoms with Gasteiger partial charge in [-0.3, -0.25) is 14.9 Å². The molecule has 374 valence electrons. The van der Waals surface area contributed by atoms with Crippen LogP contribution in [0.1, 0.15) is 168 Å². The third-order valence-electron chi connectivity index (χ3n) is 12.9. The van der Waals surface area contributed by atoms with Gasteiger partial charge in [-0.2, -0.15) is 0 Å². The monoisotopic (exact) mass is 1010 g/mol. The Morgan fingerprint density at radius 3 is 1.30 bits per heavy atom. The molecular formula is C58H69Cl3N2O7. The lowest BCUT2D eigenvalue weighted by Crippen LogP contribution is -2.40. The Morgan fingerprint density at radius 2 is 0.929 bits per heavy atom. The highest BCUT2D eigenvalue weighted by Gasteiger charge is 2.34. The van der Waals surface area contributed by atoms with Gasteiger partial charge in [-0.25, -0.2) is 4.79 Å². The number of amides is 3. The van der Waals surface area contributed by atoms with E-state index in [9.17, 15) is 19.5 Å². The predicted molar refractivity (Wildman–Crippen MR) is 283 cm³/mol. The fourth-order valence-electron chi connectivity index (χ4n) is 8.74. The van der Waals surface area contributed by atoms with Crippen LogP contribution < -0.4 is 24.8 Å². The molecule has 0 aromatic heterocycles. The molecule has 0 unspecified atom stereocenters. The summed E-state index contributed by atoms with van der Waals surface area (Å²) in [5, 5.41) is 17.7. The first-order chi connectivity index (χ1) is 32.3. The molecule has 0 spiro atoms. The molecule has 6 rings (SSSR count). The van der Waals surface area contributed by atoms with Crippen LogP contribution >= 0.6 is 34.8 Å². The lowest BCUT2D eigenvalue weighted by molar-refractivity contribution is -0.123. The number of carbonyl (C=O) groups excluding carboxylic acids is 3. The number of carbonyl (C=O) groups is 3. The van der Waals surface area contributed by atoms with Gasteiger partial charge in [0, 0.05) is 36.8 Å². The number of benzene rings is 5. The molecule has 1 aliphatic carbocycles. The highest BCUT2D eigenvalue weighted by Crippen LogP contribution is 2.44. The zero-order chi connectivity index (χ0) is 51.9. The predicted octanol–water partition coefficient (Wildman–Crippen LogP) is 13.5. The standard InChI is InChI=1S/C58H69Cl3N2O7/c1-33(34-18-16-15-17-19-34)62-47(64)32-69-50-39-21-36-25-43(54(2,3)4)24-35(48(36)65)20-37-26-44(55(5,6)7)27-38(49(37)68-14)22-41-30-46(57(11,12)13)31-42(23-40(50)29-45(28-39)56(8,9)10)51(41)70-53(67)63-52(66)58(59,60)61/h15-19,24-31,33,65H,20-23,32H2,1-14H3,(H,62,64)(H,63,66,67)/t33-/m1/s1. The first-order valence-corrected chi connectivity index (χ1v) is 24.9. The van der Waals surface area contributed by atoms with Crippen LogP contribution in [0.5, 0.6) is 23.0 Å². The molecule has 0 radical (unpaired) electrons. The van der Waals surface area contributed by atoms with Crippen LogP contribution in [0.2, 0.25) is 0 Å². The lowest BCUT2D eigenvalue weighted by atomic mass is 9.79. The van der Waals surface area contributed by atoms with Crippen molar-refractivity contribution in [1.29, 1.82) is 0 Å². The topological polar surface area (TPSA) is 123 Å². The Bertz CT molecular complexity index is 2790. The average molecular weight is 1010 g/mol. The number of hydrogen-bond donors (Lipinski definition) is 3. The smallest absolute Gasteiger partial charge is 0.419 e. The molecule has 0 heterocycles. The molecule has 1 atom stereocenters. The minimum atomic E-state index is -2.44. The number of nitrogens with one attached hydrogen (secondary N) is 2. The van der Waals surface area contributed by atoms with Crippen LogP contribution in [0, 0.1) is 0 Å². The first kappa shape index (κ1) is 54.1. The number of methoxy groups -OCH3 is 1. The molecule has 5 aromatic carbocycles. The van der Waals surface area contributed by atoms with E-state index in [0.717, 1.165) is 50.1 Å². The van der Waals surface area contributed by atoms with Gasteiger partial charge in [0.25, 0.3) is 15.6 Å². The third kappa shape index (κ3) is 13.0. The van der Waals surface area contributed by atoms with E-state index >= 15 is 0 Å². The van der Waals surface area contributed by atoms with Crippen molar-refractivity contribution in [3.05, 3.63) is 151 Å². The minimum Gasteiger partial charge on any atom is -0.507 e. The highest BCUT2D eigenvalue weighted by atomic mass is 35.6. The van der Waals surface area contributed by atoms with Crippen molar-refractivity contribution >= 4 is 52.7 Å². The molecular weight excluding hydrogens is 943 g/mol. The third-order valence-corrected chi connectivity index (χ3v) is 13.4. The molecule has 1 aliphatic rings. The minimum absolute atomic E-state index is 0.149. The summed E-state index contributed by atoms with van der Waals surface area (Å²) in [6.45, 7) is 27.3. The van der Waals surface area contributed by atoms with E-state index in [0.29, 0.717) is 40.2 Å². The lowest BCUT2D eigenvalue weighted by Gasteiger charge is -2.28. The van der Waals surface area contributed by atoms with E-state index in [1.165, 1.54) is 0 Å². The molecule has 3 amide bonds. The van der Waals surface area contributed by atoms with Crippen LogP contribution in [0.3, 0.4) is 0 Å². The van der Waals surface area contributed by atoms with Crippen LogP contribution in [-0.2, 0) is 56.9 Å². The molecule has 9 nitrogen and oxygen atoms in total. The second-order valence-corrected chi connectivity index (χ2v) is 25.0. The van der Waals surface area contributed by atoms with Gasteiger partial charge in [0.05, 0.1) is 13.2 Å². The van der Waals surface area contributed by atoms with Crippen LogP contribution in [0.4, 0.5) is 4.79 Å². The summed E-state index contributed by atoms with van der Waals surface area (Å²) in [5.74, 6) is -0.0524. The number of alkyl halides is 3. The number of ether oxygens (including phenoxy) is 3. The molecule has 0 saturated heterocycles. The summed E-state index contributed by atoms with van der Waals surface area (Å²) in [6, 6.07) is 26.0. The number of fused-ring (bicyclic) bond motifs is 8. The largest absolute Gasteiger partial charge is 0.507 e. The maximum atomic E-state index is 13.9. The normalized spacial score (nSPS) is 13.8. The number of halogens is 3. The second kappa shape index (κ2) is 20.5. The van der Waals surface area contributed by atoms with E-state index < -0.39 is 21.2 Å². The first-order valence-electron chi connectivity index (χ1n) is 23.8. The Labute approximate surface area is 430 Å². The van der Waals surface area contributed by atoms with Crippen molar-refractivity contribution < 1.29 is 33.7 Å². The number of aromatic hydroxyl groups is 1. The quantitative estimate of drug-likeness (QED) is 0.136. The average Bonchev–Trinajstić information content (AvgIpc) is 3.23. The van der Waals surface area contributed by atoms with Crippen LogP contribution in [0.25, 0.3) is 0 Å². The zero-order valence-electron chi connectivity index (χ0n) is 43.1. The van der Waals surface area contributed by atoms with Gasteiger partial charge < -0.3 is 24.6 Å². The summed E-state index contributed by atoms with van der Waals surface area (Å²) in [4.78, 5) is 40.7. The molecule has 5 aromatic rings. The maximum Gasteiger partial charge on any atom is 0.419 e. The number of hydrogen-bond acceptors (Lipinski definition) is 7. The Balaban J connectivity index is 1.70. The van der Waals surface area contributed by atoms with E-state index in [1.54, 1.807) is 7.11 Å². The summed E-state index contributed by atoms with van der Waals surface area (Å²) in [5.41, 5.74) is 9.41. The number of phenolic OH excluding ortho intramolecular Hbond substituents is 1. The summed E-state index contributed by atoms with van der Waals surface area (Å²) >= 11 is 17.8. The van der Waals surface area contributed by atoms with Gasteiger partial charge in [0.15, 0.2) is 6.61 Å². The van der Waals surface area contributed by atoms with Gasteiger partial charge in [0.1, 0.15) is 23.0 Å². The SMILES string of the molecule is COc1c2cc(C(C)(C)C)cc1Cc1cc(C(C)(C)C)cc(c1OC(=O)NC(=O)C(Cl)(Cl)Cl)Cc1cc(C(C)(C)C)cc(c1OCC(=O)N[C@H](C)c1ccccc1)Cc1cc(C(C)(C)C)cc(c1O)C2. The number of phenols is 1. The van der Waals surface area contributed by atoms with E-state index in [-0.39, 0.29) is 65.6 Å². The van der Waals surface area contributed by atoms with Crippen molar-refractivity contribution in [2.45, 2.75) is 147 Å². The van der Waals surface area contributed by atoms with Gasteiger partial charge in [0.2, 0.25) is 0 Å². The van der Waals surface area contributed by atoms with E-state index in [4.69, 9.17) is 49.0 Å². The molecule has 12 heteroatoms. The van der Waals surface area contributed by atoms with Crippen molar-refractivity contribution in [2.75, 3.05) is 13.7 Å². The summed E-state index contributed by atoms with van der Waals surface area (Å²) in [7, 11) is 1.64. The molecule has 3 N–H and O–H groups in total. The Morgan fingerprint density at radius 1 is 0.571 bits per heavy atom. The molecule has 0 saturated carbocycles. The fourth-order valence-corrected chi connectivity index (χ4v) is 8.88. The second-order valence-electron chi connectivity index (χ2n) is 22.8. The molecule has 0 fully saturated rings. The number of imide groups is 1. The van der Waals surface area contributed by atoms with Crippen LogP contribution in [-0.4, -0.2) is 40.5 Å². The maximum absolute atomic E-state index is 13.9. The molecule has 8 bridgehead atoms. The van der Waals surface area contributed by atoms with Gasteiger partial charge >= 0.3 is 6.09 Å². The van der Waals surface area contributed by atoms with Gasteiger partial charge in [-0.1, -0.05) is 197 Å². The highest BCUT2D eigenvalue weighted by molar-refractivity contribution is 6.76. The Hall–Kier alpha value is -5.22. The van der Waals surface area contributed by atoms with Crippen molar-refractivity contribution in [1.82, 2.24) is 10.6 Å².